The zero-order chi connectivity index (χ0) is 12.4. The Morgan fingerprint density at radius 3 is 2.39 bits per heavy atom. The monoisotopic (exact) mass is 235 g/mol. The van der Waals surface area contributed by atoms with E-state index in [9.17, 15) is 5.11 Å². The van der Waals surface area contributed by atoms with Crippen LogP contribution in [0.25, 0.3) is 22.2 Å². The highest BCUT2D eigenvalue weighted by Gasteiger charge is 2.05. The van der Waals surface area contributed by atoms with Gasteiger partial charge < -0.3 is 5.11 Å². The molecule has 3 rings (SSSR count). The number of fused-ring (bicyclic) bond motifs is 1. The standard InChI is InChI=1S/C16H13NO/c18-11-13-10-16(12-6-2-1-3-7-12)17-15-9-5-4-8-14(13)15/h1-10,18H,11H2. The molecule has 1 aromatic heterocycles. The number of pyridine rings is 1. The van der Waals surface area contributed by atoms with Gasteiger partial charge in [-0.25, -0.2) is 4.98 Å². The van der Waals surface area contributed by atoms with Crippen LogP contribution in [0.4, 0.5) is 0 Å². The van der Waals surface area contributed by atoms with Crippen LogP contribution in [0, 0.1) is 0 Å². The van der Waals surface area contributed by atoms with Crippen molar-refractivity contribution in [3.63, 3.8) is 0 Å². The van der Waals surface area contributed by atoms with Crippen LogP contribution in [0.5, 0.6) is 0 Å². The Morgan fingerprint density at radius 1 is 0.889 bits per heavy atom. The third-order valence-corrected chi connectivity index (χ3v) is 3.04. The number of hydrogen-bond acceptors (Lipinski definition) is 2. The maximum Gasteiger partial charge on any atom is 0.0713 e. The highest BCUT2D eigenvalue weighted by molar-refractivity contribution is 5.85. The van der Waals surface area contributed by atoms with Gasteiger partial charge in [0.25, 0.3) is 0 Å². The number of benzene rings is 2. The van der Waals surface area contributed by atoms with Crippen molar-refractivity contribution in [3.05, 3.63) is 66.2 Å². The summed E-state index contributed by atoms with van der Waals surface area (Å²) in [4.78, 5) is 4.64. The Morgan fingerprint density at radius 2 is 1.61 bits per heavy atom. The Hall–Kier alpha value is -2.19. The lowest BCUT2D eigenvalue weighted by Gasteiger charge is -2.07. The van der Waals surface area contributed by atoms with Gasteiger partial charge in [0, 0.05) is 10.9 Å². The summed E-state index contributed by atoms with van der Waals surface area (Å²) in [6.45, 7) is 0.0306. The smallest absolute Gasteiger partial charge is 0.0713 e. The molecule has 0 saturated heterocycles. The third kappa shape index (κ3) is 1.87. The van der Waals surface area contributed by atoms with E-state index in [0.29, 0.717) is 0 Å². The van der Waals surface area contributed by atoms with Crippen LogP contribution in [-0.4, -0.2) is 10.1 Å². The van der Waals surface area contributed by atoms with Crippen LogP contribution in [0.3, 0.4) is 0 Å². The molecule has 2 heteroatoms. The predicted octanol–water partition coefficient (Wildman–Crippen LogP) is 3.39. The van der Waals surface area contributed by atoms with Gasteiger partial charge in [0.15, 0.2) is 0 Å². The minimum absolute atomic E-state index is 0.0306. The van der Waals surface area contributed by atoms with E-state index >= 15 is 0 Å². The quantitative estimate of drug-likeness (QED) is 0.738. The fourth-order valence-corrected chi connectivity index (χ4v) is 2.14. The fraction of sp³-hybridized carbons (Fsp3) is 0.0625. The number of aliphatic hydroxyl groups excluding tert-OH is 1. The summed E-state index contributed by atoms with van der Waals surface area (Å²) >= 11 is 0. The molecule has 0 amide bonds. The normalized spacial score (nSPS) is 10.7. The van der Waals surface area contributed by atoms with Gasteiger partial charge in [0.2, 0.25) is 0 Å². The van der Waals surface area contributed by atoms with Gasteiger partial charge >= 0.3 is 0 Å². The zero-order valence-electron chi connectivity index (χ0n) is 9.88. The van der Waals surface area contributed by atoms with Gasteiger partial charge in [-0.2, -0.15) is 0 Å². The number of hydrogen-bond donors (Lipinski definition) is 1. The second-order valence-corrected chi connectivity index (χ2v) is 4.21. The molecule has 0 radical (unpaired) electrons. The molecule has 2 nitrogen and oxygen atoms in total. The molecule has 0 atom stereocenters. The molecule has 0 aliphatic heterocycles. The number of aromatic nitrogens is 1. The Kier molecular flexibility index (Phi) is 2.79. The maximum atomic E-state index is 9.48. The minimum atomic E-state index is 0.0306. The minimum Gasteiger partial charge on any atom is -0.392 e. The lowest BCUT2D eigenvalue weighted by atomic mass is 10.0. The van der Waals surface area contributed by atoms with Crippen LogP contribution in [0.1, 0.15) is 5.56 Å². The maximum absolute atomic E-state index is 9.48. The molecule has 2 aromatic carbocycles. The average molecular weight is 235 g/mol. The zero-order valence-corrected chi connectivity index (χ0v) is 9.88. The molecule has 0 unspecified atom stereocenters. The van der Waals surface area contributed by atoms with E-state index in [1.807, 2.05) is 60.7 Å². The van der Waals surface area contributed by atoms with E-state index in [-0.39, 0.29) is 6.61 Å². The lowest BCUT2D eigenvalue weighted by Crippen LogP contribution is -1.92. The Labute approximate surface area is 106 Å². The molecular weight excluding hydrogens is 222 g/mol. The topological polar surface area (TPSA) is 33.1 Å². The van der Waals surface area contributed by atoms with E-state index < -0.39 is 0 Å². The lowest BCUT2D eigenvalue weighted by molar-refractivity contribution is 0.283. The molecule has 88 valence electrons. The summed E-state index contributed by atoms with van der Waals surface area (Å²) in [6.07, 6.45) is 0. The van der Waals surface area contributed by atoms with E-state index in [1.165, 1.54) is 0 Å². The second-order valence-electron chi connectivity index (χ2n) is 4.21. The van der Waals surface area contributed by atoms with Crippen molar-refractivity contribution in [1.29, 1.82) is 0 Å². The van der Waals surface area contributed by atoms with Gasteiger partial charge in [0.1, 0.15) is 0 Å². The summed E-state index contributed by atoms with van der Waals surface area (Å²) in [6, 6.07) is 19.9. The molecule has 0 spiro atoms. The summed E-state index contributed by atoms with van der Waals surface area (Å²) < 4.78 is 0. The van der Waals surface area contributed by atoms with Crippen LogP contribution < -0.4 is 0 Å². The first-order chi connectivity index (χ1) is 8.88. The molecule has 0 aliphatic carbocycles. The van der Waals surface area contributed by atoms with E-state index in [2.05, 4.69) is 4.98 Å². The molecule has 0 bridgehead atoms. The van der Waals surface area contributed by atoms with Crippen LogP contribution in [0.15, 0.2) is 60.7 Å². The Balaban J connectivity index is 2.26. The first kappa shape index (κ1) is 10.9. The SMILES string of the molecule is OCc1cc(-c2ccccc2)nc2ccccc12. The summed E-state index contributed by atoms with van der Waals surface area (Å²) in [5, 5.41) is 10.5. The van der Waals surface area contributed by atoms with Gasteiger partial charge in [0.05, 0.1) is 17.8 Å². The van der Waals surface area contributed by atoms with Crippen molar-refractivity contribution in [2.75, 3.05) is 0 Å². The van der Waals surface area contributed by atoms with Crippen molar-refractivity contribution in [2.24, 2.45) is 0 Å². The van der Waals surface area contributed by atoms with Gasteiger partial charge in [-0.1, -0.05) is 48.5 Å². The number of rotatable bonds is 2. The van der Waals surface area contributed by atoms with E-state index in [4.69, 9.17) is 0 Å². The largest absolute Gasteiger partial charge is 0.392 e. The van der Waals surface area contributed by atoms with Crippen molar-refractivity contribution < 1.29 is 5.11 Å². The average Bonchev–Trinajstić information content (AvgIpc) is 2.47. The molecule has 18 heavy (non-hydrogen) atoms. The summed E-state index contributed by atoms with van der Waals surface area (Å²) in [5.41, 5.74) is 3.80. The highest BCUT2D eigenvalue weighted by atomic mass is 16.3. The van der Waals surface area contributed by atoms with Gasteiger partial charge in [-0.3, -0.25) is 0 Å². The van der Waals surface area contributed by atoms with Gasteiger partial charge in [-0.15, -0.1) is 0 Å². The highest BCUT2D eigenvalue weighted by Crippen LogP contribution is 2.24. The van der Waals surface area contributed by atoms with Crippen LogP contribution >= 0.6 is 0 Å². The first-order valence-electron chi connectivity index (χ1n) is 5.93. The number of aliphatic hydroxyl groups is 1. The van der Waals surface area contributed by atoms with Gasteiger partial charge in [-0.05, 0) is 17.7 Å². The van der Waals surface area contributed by atoms with Crippen molar-refractivity contribution >= 4 is 10.9 Å². The third-order valence-electron chi connectivity index (χ3n) is 3.04. The molecule has 1 N–H and O–H groups in total. The molecule has 0 fully saturated rings. The molecule has 3 aromatic rings. The van der Waals surface area contributed by atoms with Crippen LogP contribution in [-0.2, 0) is 6.61 Å². The molecule has 0 aliphatic rings. The Bertz CT molecular complexity index is 677. The van der Waals surface area contributed by atoms with Crippen LogP contribution in [0.2, 0.25) is 0 Å². The second kappa shape index (κ2) is 4.59. The predicted molar refractivity (Wildman–Crippen MR) is 73.1 cm³/mol. The number of para-hydroxylation sites is 1. The summed E-state index contributed by atoms with van der Waals surface area (Å²) in [7, 11) is 0. The number of nitrogens with zero attached hydrogens (tertiary/aromatic N) is 1. The van der Waals surface area contributed by atoms with E-state index in [1.54, 1.807) is 0 Å². The molecular formula is C16H13NO. The van der Waals surface area contributed by atoms with E-state index in [0.717, 1.165) is 27.7 Å². The van der Waals surface area contributed by atoms with Crippen molar-refractivity contribution in [3.8, 4) is 11.3 Å². The molecule has 0 saturated carbocycles. The molecule has 1 heterocycles. The fourth-order valence-electron chi connectivity index (χ4n) is 2.14. The first-order valence-corrected chi connectivity index (χ1v) is 5.93. The van der Waals surface area contributed by atoms with Crippen molar-refractivity contribution in [1.82, 2.24) is 4.98 Å². The summed E-state index contributed by atoms with van der Waals surface area (Å²) in [5.74, 6) is 0. The van der Waals surface area contributed by atoms with Crippen molar-refractivity contribution in [2.45, 2.75) is 6.61 Å².